The van der Waals surface area contributed by atoms with Crippen LogP contribution < -0.4 is 0 Å². The summed E-state index contributed by atoms with van der Waals surface area (Å²) in [4.78, 5) is 0. The third kappa shape index (κ3) is 3.36. The van der Waals surface area contributed by atoms with Crippen LogP contribution in [0.15, 0.2) is 0 Å². The molecule has 0 radical (unpaired) electrons. The van der Waals surface area contributed by atoms with Crippen molar-refractivity contribution < 1.29 is 0 Å². The molecule has 4 bridgehead atoms. The number of hydrogen-bond donors (Lipinski definition) is 0. The molecule has 0 aromatic heterocycles. The van der Waals surface area contributed by atoms with Gasteiger partial charge in [-0.2, -0.15) is 0 Å². The molecule has 4 saturated heterocycles. The molecule has 4 fully saturated rings. The van der Waals surface area contributed by atoms with E-state index in [9.17, 15) is 0 Å². The third-order valence-corrected chi connectivity index (χ3v) is 16.3. The van der Waals surface area contributed by atoms with Crippen molar-refractivity contribution in [3.8, 4) is 0 Å². The van der Waals surface area contributed by atoms with Gasteiger partial charge in [0.1, 0.15) is 13.6 Å². The van der Waals surface area contributed by atoms with Crippen molar-refractivity contribution in [1.82, 2.24) is 0 Å². The quantitative estimate of drug-likeness (QED) is 0.391. The van der Waals surface area contributed by atoms with Gasteiger partial charge in [0.2, 0.25) is 0 Å². The minimum atomic E-state index is 0.427. The van der Waals surface area contributed by atoms with Crippen molar-refractivity contribution in [3.63, 3.8) is 0 Å². The van der Waals surface area contributed by atoms with Crippen molar-refractivity contribution in [2.45, 2.75) is 92.7 Å². The molecule has 0 amide bonds. The fraction of sp³-hybridized carbons (Fsp3) is 1.00. The molecule has 6 heteroatoms. The summed E-state index contributed by atoms with van der Waals surface area (Å²) in [5, 5.41) is 0. The van der Waals surface area contributed by atoms with Crippen LogP contribution in [0.5, 0.6) is 0 Å². The highest BCUT2D eigenvalue weighted by molar-refractivity contribution is 8.64. The zero-order valence-electron chi connectivity index (χ0n) is 14.1. The van der Waals surface area contributed by atoms with Gasteiger partial charge in [0, 0.05) is 0 Å². The fourth-order valence-corrected chi connectivity index (χ4v) is 26.1. The molecule has 0 saturated carbocycles. The van der Waals surface area contributed by atoms with E-state index in [0.29, 0.717) is 13.6 Å². The van der Waals surface area contributed by atoms with Gasteiger partial charge in [0.25, 0.3) is 0 Å². The van der Waals surface area contributed by atoms with Crippen LogP contribution in [0.3, 0.4) is 0 Å². The second-order valence-electron chi connectivity index (χ2n) is 6.34. The van der Waals surface area contributed by atoms with E-state index in [1.54, 1.807) is 0 Å². The zero-order valence-corrected chi connectivity index (χ0v) is 19.0. The van der Waals surface area contributed by atoms with Gasteiger partial charge >= 0.3 is 0 Å². The van der Waals surface area contributed by atoms with E-state index in [1.807, 2.05) is 0 Å². The molecule has 4 aliphatic heterocycles. The van der Waals surface area contributed by atoms with Crippen molar-refractivity contribution in [3.05, 3.63) is 0 Å². The lowest BCUT2D eigenvalue weighted by atomic mass is 10.3. The Morgan fingerprint density at radius 1 is 0.409 bits per heavy atom. The summed E-state index contributed by atoms with van der Waals surface area (Å²) in [6.07, 6.45) is 10.8. The summed E-state index contributed by atoms with van der Waals surface area (Å²) in [5.41, 5.74) is 0. The summed E-state index contributed by atoms with van der Waals surface area (Å²) in [5.74, 6) is 0. The van der Waals surface area contributed by atoms with E-state index in [0.717, 1.165) is 0 Å². The van der Waals surface area contributed by atoms with Crippen LogP contribution in [0.4, 0.5) is 0 Å². The summed E-state index contributed by atoms with van der Waals surface area (Å²) in [7, 11) is 0. The Bertz CT molecular complexity index is 300. The first-order valence-electron chi connectivity index (χ1n) is 8.69. The van der Waals surface area contributed by atoms with E-state index < -0.39 is 0 Å². The molecule has 0 unspecified atom stereocenters. The Hall–Kier alpha value is 2.10. The predicted octanol–water partition coefficient (Wildman–Crippen LogP) is 8.24. The van der Waals surface area contributed by atoms with Crippen molar-refractivity contribution in [2.24, 2.45) is 0 Å². The normalized spacial score (nSPS) is 46.4. The van der Waals surface area contributed by atoms with Gasteiger partial charge in [-0.3, -0.25) is 0 Å². The second-order valence-corrected chi connectivity index (χ2v) is 19.0. The smallest absolute Gasteiger partial charge is 0.104 e. The van der Waals surface area contributed by atoms with Crippen molar-refractivity contribution in [1.29, 1.82) is 0 Å². The van der Waals surface area contributed by atoms with Gasteiger partial charge in [-0.1, -0.05) is 53.4 Å². The maximum atomic E-state index is 2.37. The van der Waals surface area contributed by atoms with E-state index >= 15 is 0 Å². The van der Waals surface area contributed by atoms with Crippen molar-refractivity contribution >= 4 is 70.6 Å². The summed E-state index contributed by atoms with van der Waals surface area (Å²) >= 11 is 14.0. The minimum absolute atomic E-state index is 0.427. The molecule has 4 heterocycles. The summed E-state index contributed by atoms with van der Waals surface area (Å²) in [6.45, 7) is 9.50. The lowest BCUT2D eigenvalue weighted by Crippen LogP contribution is -2.53. The molecule has 128 valence electrons. The average molecular weight is 413 g/mol. The number of thioether (sulfide) groups is 6. The van der Waals surface area contributed by atoms with E-state index in [2.05, 4.69) is 98.3 Å². The molecule has 0 N–H and O–H groups in total. The van der Waals surface area contributed by atoms with Crippen LogP contribution >= 0.6 is 70.6 Å². The Labute approximate surface area is 162 Å². The van der Waals surface area contributed by atoms with E-state index in [-0.39, 0.29) is 0 Å². The predicted molar refractivity (Wildman–Crippen MR) is 116 cm³/mol. The SMILES string of the molecule is CCCC12SC3(CCC)SC(CCC)(S1)SC(CCC)(S2)S3. The molecule has 22 heavy (non-hydrogen) atoms. The first-order chi connectivity index (χ1) is 10.5. The minimum Gasteiger partial charge on any atom is -0.104 e. The van der Waals surface area contributed by atoms with Gasteiger partial charge in [-0.05, 0) is 25.7 Å². The summed E-state index contributed by atoms with van der Waals surface area (Å²) < 4.78 is 1.71. The lowest BCUT2D eigenvalue weighted by Gasteiger charge is -2.67. The lowest BCUT2D eigenvalue weighted by molar-refractivity contribution is 0.752. The maximum absolute atomic E-state index is 2.37. The van der Waals surface area contributed by atoms with Gasteiger partial charge in [0.15, 0.2) is 0 Å². The van der Waals surface area contributed by atoms with E-state index in [1.165, 1.54) is 51.4 Å². The van der Waals surface area contributed by atoms with Crippen LogP contribution in [0.25, 0.3) is 0 Å². The molecule has 0 aromatic carbocycles. The molecule has 4 aliphatic rings. The second kappa shape index (κ2) is 7.02. The highest BCUT2D eigenvalue weighted by atomic mass is 32.4. The fourth-order valence-electron chi connectivity index (χ4n) is 3.51. The highest BCUT2D eigenvalue weighted by Crippen LogP contribution is 2.91. The maximum Gasteiger partial charge on any atom is 0.113 e. The Balaban J connectivity index is 2.00. The summed E-state index contributed by atoms with van der Waals surface area (Å²) in [6, 6.07) is 0. The monoisotopic (exact) mass is 412 g/mol. The molecular formula is C16H28S6. The molecule has 0 atom stereocenters. The molecule has 0 aromatic rings. The average Bonchev–Trinajstić information content (AvgIpc) is 2.36. The Kier molecular flexibility index (Phi) is 6.02. The van der Waals surface area contributed by atoms with Crippen molar-refractivity contribution in [2.75, 3.05) is 0 Å². The zero-order chi connectivity index (χ0) is 15.9. The molecule has 0 spiro atoms. The van der Waals surface area contributed by atoms with Crippen LogP contribution in [0.2, 0.25) is 0 Å². The number of rotatable bonds is 8. The molecule has 0 nitrogen and oxygen atoms in total. The molecular weight excluding hydrogens is 385 g/mol. The Morgan fingerprint density at radius 3 is 0.727 bits per heavy atom. The van der Waals surface area contributed by atoms with Gasteiger partial charge in [-0.25, -0.2) is 0 Å². The van der Waals surface area contributed by atoms with Crippen LogP contribution in [0.1, 0.15) is 79.1 Å². The topological polar surface area (TPSA) is 0 Å². The highest BCUT2D eigenvalue weighted by Gasteiger charge is 2.71. The standard InChI is InChI=1S/C16H28S6/c1-5-9-13-17-14(10-6-2)20-15(18-13,11-7-3)22-16(19-13,21-14)12-8-4/h5-12H2,1-4H3. The number of hydrogen-bond acceptors (Lipinski definition) is 6. The Morgan fingerprint density at radius 2 is 0.591 bits per heavy atom. The van der Waals surface area contributed by atoms with E-state index in [4.69, 9.17) is 0 Å². The first-order valence-corrected chi connectivity index (χ1v) is 13.6. The van der Waals surface area contributed by atoms with Gasteiger partial charge in [0.05, 0.1) is 0 Å². The van der Waals surface area contributed by atoms with Gasteiger partial charge in [-0.15, -0.1) is 70.6 Å². The molecule has 0 aliphatic carbocycles. The van der Waals surface area contributed by atoms with Crippen LogP contribution in [-0.2, 0) is 0 Å². The van der Waals surface area contributed by atoms with Crippen LogP contribution in [0, 0.1) is 0 Å². The largest absolute Gasteiger partial charge is 0.113 e. The van der Waals surface area contributed by atoms with Crippen LogP contribution in [-0.4, -0.2) is 13.6 Å². The third-order valence-electron chi connectivity index (χ3n) is 4.09. The first kappa shape index (κ1) is 18.9. The van der Waals surface area contributed by atoms with Gasteiger partial charge < -0.3 is 0 Å². The molecule has 4 rings (SSSR count).